The number of benzene rings is 3. The zero-order valence-electron chi connectivity index (χ0n) is 22.7. The number of nitrogens with zero attached hydrogens (tertiary/aromatic N) is 1. The van der Waals surface area contributed by atoms with Crippen LogP contribution < -0.4 is 29.3 Å². The largest absolute Gasteiger partial charge is 0.493 e. The van der Waals surface area contributed by atoms with Gasteiger partial charge in [-0.1, -0.05) is 24.3 Å². The van der Waals surface area contributed by atoms with Gasteiger partial charge in [0.2, 0.25) is 5.75 Å². The van der Waals surface area contributed by atoms with E-state index in [1.165, 1.54) is 26.2 Å². The van der Waals surface area contributed by atoms with Crippen LogP contribution in [0.3, 0.4) is 0 Å². The van der Waals surface area contributed by atoms with E-state index in [-0.39, 0.29) is 11.8 Å². The predicted octanol–water partition coefficient (Wildman–Crippen LogP) is 3.65. The number of para-hydroxylation sites is 1. The average Bonchev–Trinajstić information content (AvgIpc) is 3.11. The molecule has 3 aromatic rings. The van der Waals surface area contributed by atoms with Gasteiger partial charge in [0.25, 0.3) is 11.8 Å². The van der Waals surface area contributed by atoms with E-state index in [1.54, 1.807) is 12.1 Å². The van der Waals surface area contributed by atoms with Crippen LogP contribution in [-0.4, -0.2) is 52.8 Å². The van der Waals surface area contributed by atoms with Gasteiger partial charge < -0.3 is 24.4 Å². The molecule has 0 fully saturated rings. The fourth-order valence-electron chi connectivity index (χ4n) is 4.88. The highest BCUT2D eigenvalue weighted by Crippen LogP contribution is 2.39. The summed E-state index contributed by atoms with van der Waals surface area (Å²) < 4.78 is 16.2. The van der Waals surface area contributed by atoms with Crippen LogP contribution in [0.4, 0.5) is 17.1 Å². The first-order chi connectivity index (χ1) is 18.4. The molecule has 8 nitrogen and oxygen atoms in total. The van der Waals surface area contributed by atoms with Gasteiger partial charge in [0.1, 0.15) is 0 Å². The minimum absolute atomic E-state index is 0.0346. The third kappa shape index (κ3) is 5.45. The first kappa shape index (κ1) is 27.0. The number of quaternary nitrogens is 1. The lowest BCUT2D eigenvalue weighted by molar-refractivity contribution is -0.888. The molecule has 0 spiro atoms. The topological polar surface area (TPSA) is 81.5 Å². The smallest absolute Gasteiger partial charge is 0.286 e. The minimum Gasteiger partial charge on any atom is -0.493 e. The van der Waals surface area contributed by atoms with E-state index in [0.717, 1.165) is 48.4 Å². The van der Waals surface area contributed by atoms with Crippen LogP contribution >= 0.6 is 0 Å². The number of rotatable bonds is 9. The lowest BCUT2D eigenvalue weighted by atomic mass is 10.0. The summed E-state index contributed by atoms with van der Waals surface area (Å²) in [5, 5.41) is 2.98. The van der Waals surface area contributed by atoms with Crippen molar-refractivity contribution in [1.82, 2.24) is 0 Å². The SMILES string of the molecule is CC[NH+](CC)CC(=O)N1c2ccccc2CCc2ccc(NC(=O)c3cc(OC)c(OC)c(OC)c3)cc21. The third-order valence-electron chi connectivity index (χ3n) is 7.06. The van der Waals surface area contributed by atoms with Gasteiger partial charge in [-0.25, -0.2) is 0 Å². The summed E-state index contributed by atoms with van der Waals surface area (Å²) in [7, 11) is 4.53. The Bertz CT molecular complexity index is 1290. The lowest BCUT2D eigenvalue weighted by Crippen LogP contribution is -3.12. The van der Waals surface area contributed by atoms with Crippen molar-refractivity contribution in [3.63, 3.8) is 0 Å². The number of hydrogen-bond donors (Lipinski definition) is 2. The average molecular weight is 519 g/mol. The highest BCUT2D eigenvalue weighted by atomic mass is 16.5. The number of methoxy groups -OCH3 is 3. The summed E-state index contributed by atoms with van der Waals surface area (Å²) in [6.07, 6.45) is 1.64. The molecule has 0 aromatic heterocycles. The second-order valence-electron chi connectivity index (χ2n) is 9.20. The lowest BCUT2D eigenvalue weighted by Gasteiger charge is -2.27. The predicted molar refractivity (Wildman–Crippen MR) is 148 cm³/mol. The number of hydrogen-bond acceptors (Lipinski definition) is 5. The molecule has 0 aliphatic carbocycles. The number of ether oxygens (including phenoxy) is 3. The maximum Gasteiger partial charge on any atom is 0.286 e. The Labute approximate surface area is 224 Å². The zero-order valence-corrected chi connectivity index (χ0v) is 22.7. The van der Waals surface area contributed by atoms with E-state index >= 15 is 0 Å². The molecule has 3 aromatic carbocycles. The second-order valence-corrected chi connectivity index (χ2v) is 9.20. The third-order valence-corrected chi connectivity index (χ3v) is 7.06. The molecule has 0 saturated heterocycles. The van der Waals surface area contributed by atoms with Crippen LogP contribution in [0.15, 0.2) is 54.6 Å². The highest BCUT2D eigenvalue weighted by Gasteiger charge is 2.28. The van der Waals surface area contributed by atoms with Gasteiger partial charge in [0.05, 0.1) is 45.8 Å². The van der Waals surface area contributed by atoms with Crippen LogP contribution in [0.2, 0.25) is 0 Å². The molecule has 1 aliphatic rings. The summed E-state index contributed by atoms with van der Waals surface area (Å²) in [5.41, 5.74) is 4.85. The summed E-state index contributed by atoms with van der Waals surface area (Å²) in [6, 6.07) is 17.0. The minimum atomic E-state index is -0.330. The molecule has 0 unspecified atom stereocenters. The number of likely N-dealkylation sites (N-methyl/N-ethyl adjacent to an activating group) is 1. The van der Waals surface area contributed by atoms with Crippen molar-refractivity contribution in [2.75, 3.05) is 51.2 Å². The molecule has 0 bridgehead atoms. The highest BCUT2D eigenvalue weighted by molar-refractivity contribution is 6.07. The molecule has 1 heterocycles. The maximum absolute atomic E-state index is 13.7. The van der Waals surface area contributed by atoms with Gasteiger partial charge in [0.15, 0.2) is 18.0 Å². The van der Waals surface area contributed by atoms with E-state index < -0.39 is 0 Å². The summed E-state index contributed by atoms with van der Waals surface area (Å²) in [5.74, 6) is 0.910. The Morgan fingerprint density at radius 3 is 2.08 bits per heavy atom. The zero-order chi connectivity index (χ0) is 27.2. The Balaban J connectivity index is 1.71. The van der Waals surface area contributed by atoms with Gasteiger partial charge >= 0.3 is 0 Å². The molecule has 1 aliphatic heterocycles. The normalized spacial score (nSPS) is 12.3. The molecule has 0 saturated carbocycles. The van der Waals surface area contributed by atoms with Crippen molar-refractivity contribution in [1.29, 1.82) is 0 Å². The van der Waals surface area contributed by atoms with E-state index in [2.05, 4.69) is 25.2 Å². The molecular weight excluding hydrogens is 482 g/mol. The number of aryl methyl sites for hydroxylation is 2. The summed E-state index contributed by atoms with van der Waals surface area (Å²) in [4.78, 5) is 30.1. The monoisotopic (exact) mass is 518 g/mol. The van der Waals surface area contributed by atoms with Crippen molar-refractivity contribution < 1.29 is 28.7 Å². The van der Waals surface area contributed by atoms with Crippen LogP contribution in [0.1, 0.15) is 35.3 Å². The van der Waals surface area contributed by atoms with Crippen molar-refractivity contribution >= 4 is 28.9 Å². The van der Waals surface area contributed by atoms with Gasteiger partial charge in [-0.3, -0.25) is 14.5 Å². The van der Waals surface area contributed by atoms with E-state index in [1.807, 2.05) is 41.3 Å². The number of amides is 2. The number of carbonyl (C=O) groups excluding carboxylic acids is 2. The molecule has 0 atom stereocenters. The molecule has 0 radical (unpaired) electrons. The molecule has 2 N–H and O–H groups in total. The Morgan fingerprint density at radius 1 is 0.842 bits per heavy atom. The van der Waals surface area contributed by atoms with Gasteiger partial charge in [0, 0.05) is 11.3 Å². The second kappa shape index (κ2) is 12.0. The molecular formula is C30H36N3O5+. The molecule has 4 rings (SSSR count). The summed E-state index contributed by atoms with van der Waals surface area (Å²) >= 11 is 0. The summed E-state index contributed by atoms with van der Waals surface area (Å²) in [6.45, 7) is 6.31. The molecule has 2 amide bonds. The van der Waals surface area contributed by atoms with Crippen LogP contribution in [0.25, 0.3) is 0 Å². The van der Waals surface area contributed by atoms with E-state index in [0.29, 0.717) is 35.0 Å². The van der Waals surface area contributed by atoms with Crippen LogP contribution in [0, 0.1) is 0 Å². The Hall–Kier alpha value is -4.04. The first-order valence-corrected chi connectivity index (χ1v) is 12.9. The fourth-order valence-corrected chi connectivity index (χ4v) is 4.88. The van der Waals surface area contributed by atoms with Crippen LogP contribution in [0.5, 0.6) is 17.2 Å². The fraction of sp³-hybridized carbons (Fsp3) is 0.333. The maximum atomic E-state index is 13.7. The van der Waals surface area contributed by atoms with Crippen LogP contribution in [-0.2, 0) is 17.6 Å². The molecule has 38 heavy (non-hydrogen) atoms. The van der Waals surface area contributed by atoms with Crippen molar-refractivity contribution in [3.8, 4) is 17.2 Å². The van der Waals surface area contributed by atoms with Gasteiger partial charge in [-0.05, 0) is 68.1 Å². The van der Waals surface area contributed by atoms with E-state index in [9.17, 15) is 9.59 Å². The van der Waals surface area contributed by atoms with Gasteiger partial charge in [-0.2, -0.15) is 0 Å². The Morgan fingerprint density at radius 2 is 1.47 bits per heavy atom. The molecule has 8 heteroatoms. The quantitative estimate of drug-likeness (QED) is 0.452. The van der Waals surface area contributed by atoms with Crippen molar-refractivity contribution in [3.05, 3.63) is 71.3 Å². The van der Waals surface area contributed by atoms with Gasteiger partial charge in [-0.15, -0.1) is 0 Å². The van der Waals surface area contributed by atoms with Crippen molar-refractivity contribution in [2.24, 2.45) is 0 Å². The number of anilines is 3. The van der Waals surface area contributed by atoms with Crippen molar-refractivity contribution in [2.45, 2.75) is 26.7 Å². The Kier molecular flexibility index (Phi) is 8.53. The standard InChI is InChI=1S/C30H35N3O5/c1-6-32(7-2)19-28(34)33-24-11-9-8-10-20(24)12-13-21-14-15-23(18-25(21)33)31-30(35)22-16-26(36-3)29(38-5)27(17-22)37-4/h8-11,14-18H,6-7,12-13,19H2,1-5H3,(H,31,35)/p+1. The number of carbonyl (C=O) groups is 2. The molecule has 200 valence electrons. The number of fused-ring (bicyclic) bond motifs is 2. The van der Waals surface area contributed by atoms with E-state index in [4.69, 9.17) is 14.2 Å². The first-order valence-electron chi connectivity index (χ1n) is 12.9. The number of nitrogens with one attached hydrogen (secondary N) is 2.